The average molecular weight is 397 g/mol. The number of hydrazine groups is 1. The van der Waals surface area contributed by atoms with Gasteiger partial charge in [0, 0.05) is 11.1 Å². The fourth-order valence-corrected chi connectivity index (χ4v) is 2.57. The molecule has 0 fully saturated rings. The van der Waals surface area contributed by atoms with Crippen molar-refractivity contribution in [2.75, 3.05) is 0 Å². The monoisotopic (exact) mass is 396 g/mol. The summed E-state index contributed by atoms with van der Waals surface area (Å²) < 4.78 is 5.38. The van der Waals surface area contributed by atoms with Crippen molar-refractivity contribution in [2.24, 2.45) is 0 Å². The first-order chi connectivity index (χ1) is 13.4. The number of nitrogens with one attached hydrogen (secondary N) is 2. The predicted octanol–water partition coefficient (Wildman–Crippen LogP) is 4.46. The lowest BCUT2D eigenvalue weighted by Gasteiger charge is -2.20. The van der Waals surface area contributed by atoms with Gasteiger partial charge < -0.3 is 4.74 Å². The van der Waals surface area contributed by atoms with Crippen LogP contribution in [0.25, 0.3) is 0 Å². The third kappa shape index (κ3) is 8.08. The molecule has 2 aromatic rings. The summed E-state index contributed by atoms with van der Waals surface area (Å²) in [6.45, 7) is 11.5. The Hall–Kier alpha value is -2.66. The normalized spacial score (nSPS) is 11.8. The first-order valence-corrected chi connectivity index (χ1v) is 9.92. The Bertz CT molecular complexity index is 826. The van der Waals surface area contributed by atoms with Gasteiger partial charge in [-0.05, 0) is 89.8 Å². The molecular weight excluding hydrogens is 364 g/mol. The van der Waals surface area contributed by atoms with E-state index < -0.39 is 5.60 Å². The van der Waals surface area contributed by atoms with E-state index in [4.69, 9.17) is 4.74 Å². The van der Waals surface area contributed by atoms with Crippen molar-refractivity contribution in [3.63, 3.8) is 0 Å². The number of hydrogen-bond donors (Lipinski definition) is 2. The van der Waals surface area contributed by atoms with E-state index in [1.807, 2.05) is 77.9 Å². The van der Waals surface area contributed by atoms with Gasteiger partial charge in [0.1, 0.15) is 5.60 Å². The van der Waals surface area contributed by atoms with Crippen LogP contribution >= 0.6 is 0 Å². The maximum atomic E-state index is 12.1. The zero-order chi connectivity index (χ0) is 21.7. The molecular formula is C24H32N2O3. The van der Waals surface area contributed by atoms with Crippen LogP contribution in [0.15, 0.2) is 48.5 Å². The van der Waals surface area contributed by atoms with Crippen LogP contribution in [0.3, 0.4) is 0 Å². The van der Waals surface area contributed by atoms with Gasteiger partial charge in [0.2, 0.25) is 0 Å². The minimum atomic E-state index is -0.498. The molecule has 0 spiro atoms. The van der Waals surface area contributed by atoms with Crippen molar-refractivity contribution in [1.82, 2.24) is 10.9 Å². The zero-order valence-electron chi connectivity index (χ0n) is 18.3. The molecule has 0 saturated heterocycles. The number of carbonyl (C=O) groups excluding carboxylic acids is 2. The maximum absolute atomic E-state index is 12.1. The Morgan fingerprint density at radius 2 is 1.21 bits per heavy atom. The molecule has 0 radical (unpaired) electrons. The Morgan fingerprint density at radius 3 is 1.62 bits per heavy atom. The Morgan fingerprint density at radius 1 is 0.759 bits per heavy atom. The van der Waals surface area contributed by atoms with Crippen LogP contribution < -0.4 is 10.9 Å². The Labute approximate surface area is 173 Å². The van der Waals surface area contributed by atoms with Crippen molar-refractivity contribution >= 4 is 11.9 Å². The summed E-state index contributed by atoms with van der Waals surface area (Å²) in [5.74, 6) is -0.455. The lowest BCUT2D eigenvalue weighted by atomic mass is 10.0. The Kier molecular flexibility index (Phi) is 7.20. The van der Waals surface area contributed by atoms with Crippen LogP contribution in [0.5, 0.6) is 0 Å². The quantitative estimate of drug-likeness (QED) is 0.559. The van der Waals surface area contributed by atoms with E-state index in [0.717, 1.165) is 24.0 Å². The average Bonchev–Trinajstić information content (AvgIpc) is 2.63. The van der Waals surface area contributed by atoms with Gasteiger partial charge in [-0.3, -0.25) is 10.2 Å². The molecule has 5 heteroatoms. The fraction of sp³-hybridized carbons (Fsp3) is 0.417. The SMILES string of the molecule is CC(C)(C)NNC(=O)c1ccc(CCc2ccc(C(=O)OC(C)(C)C)cc2)cc1. The highest BCUT2D eigenvalue weighted by Gasteiger charge is 2.17. The minimum Gasteiger partial charge on any atom is -0.456 e. The first kappa shape index (κ1) is 22.6. The standard InChI is InChI=1S/C24H32N2O3/c1-23(2,3)26-25-21(27)19-13-9-17(10-14-19)7-8-18-11-15-20(16-12-18)22(28)29-24(4,5)6/h9-16,26H,7-8H2,1-6H3,(H,25,27). The molecule has 156 valence electrons. The molecule has 0 atom stereocenters. The summed E-state index contributed by atoms with van der Waals surface area (Å²) in [6.07, 6.45) is 1.71. The molecule has 0 aliphatic rings. The zero-order valence-corrected chi connectivity index (χ0v) is 18.3. The van der Waals surface area contributed by atoms with E-state index in [2.05, 4.69) is 10.9 Å². The molecule has 1 amide bonds. The van der Waals surface area contributed by atoms with Crippen LogP contribution in [0.2, 0.25) is 0 Å². The molecule has 0 aliphatic heterocycles. The Balaban J connectivity index is 1.88. The second-order valence-electron chi connectivity index (χ2n) is 9.22. The van der Waals surface area contributed by atoms with Gasteiger partial charge in [-0.25, -0.2) is 10.2 Å². The van der Waals surface area contributed by atoms with E-state index in [0.29, 0.717) is 11.1 Å². The van der Waals surface area contributed by atoms with Crippen LogP contribution in [0.4, 0.5) is 0 Å². The molecule has 0 aromatic heterocycles. The first-order valence-electron chi connectivity index (χ1n) is 9.92. The predicted molar refractivity (Wildman–Crippen MR) is 116 cm³/mol. The van der Waals surface area contributed by atoms with Gasteiger partial charge in [-0.1, -0.05) is 24.3 Å². The number of carbonyl (C=O) groups is 2. The van der Waals surface area contributed by atoms with Crippen molar-refractivity contribution < 1.29 is 14.3 Å². The second kappa shape index (κ2) is 9.23. The molecule has 29 heavy (non-hydrogen) atoms. The third-order valence-electron chi connectivity index (χ3n) is 4.06. The van der Waals surface area contributed by atoms with Gasteiger partial charge in [0.25, 0.3) is 5.91 Å². The van der Waals surface area contributed by atoms with Crippen LogP contribution in [0.1, 0.15) is 73.4 Å². The largest absolute Gasteiger partial charge is 0.456 e. The van der Waals surface area contributed by atoms with Gasteiger partial charge in [0.05, 0.1) is 5.56 Å². The second-order valence-corrected chi connectivity index (χ2v) is 9.22. The van der Waals surface area contributed by atoms with Crippen LogP contribution in [-0.4, -0.2) is 23.0 Å². The molecule has 0 aliphatic carbocycles. The molecule has 2 rings (SSSR count). The summed E-state index contributed by atoms with van der Waals surface area (Å²) >= 11 is 0. The van der Waals surface area contributed by atoms with E-state index in [9.17, 15) is 9.59 Å². The topological polar surface area (TPSA) is 67.4 Å². The molecule has 0 heterocycles. The van der Waals surface area contributed by atoms with Crippen molar-refractivity contribution in [2.45, 2.75) is 65.5 Å². The fourth-order valence-electron chi connectivity index (χ4n) is 2.57. The highest BCUT2D eigenvalue weighted by atomic mass is 16.6. The smallest absolute Gasteiger partial charge is 0.338 e. The number of benzene rings is 2. The van der Waals surface area contributed by atoms with Crippen molar-refractivity contribution in [1.29, 1.82) is 0 Å². The molecule has 5 nitrogen and oxygen atoms in total. The number of ether oxygens (including phenoxy) is 1. The highest BCUT2D eigenvalue weighted by molar-refractivity contribution is 5.93. The van der Waals surface area contributed by atoms with E-state index in [1.54, 1.807) is 12.1 Å². The van der Waals surface area contributed by atoms with E-state index in [-0.39, 0.29) is 17.4 Å². The van der Waals surface area contributed by atoms with Crippen molar-refractivity contribution in [3.05, 3.63) is 70.8 Å². The highest BCUT2D eigenvalue weighted by Crippen LogP contribution is 2.14. The van der Waals surface area contributed by atoms with Gasteiger partial charge >= 0.3 is 5.97 Å². The summed E-state index contributed by atoms with van der Waals surface area (Å²) in [5.41, 5.74) is 8.48. The number of hydrogen-bond acceptors (Lipinski definition) is 4. The van der Waals surface area contributed by atoms with Gasteiger partial charge in [0.15, 0.2) is 0 Å². The van der Waals surface area contributed by atoms with E-state index >= 15 is 0 Å². The lowest BCUT2D eigenvalue weighted by molar-refractivity contribution is 0.00694. The number of esters is 1. The third-order valence-corrected chi connectivity index (χ3v) is 4.06. The van der Waals surface area contributed by atoms with Crippen molar-refractivity contribution in [3.8, 4) is 0 Å². The number of amides is 1. The molecule has 2 N–H and O–H groups in total. The summed E-state index contributed by atoms with van der Waals surface area (Å²) in [7, 11) is 0. The van der Waals surface area contributed by atoms with Crippen LogP contribution in [0, 0.1) is 0 Å². The minimum absolute atomic E-state index is 0.149. The van der Waals surface area contributed by atoms with Gasteiger partial charge in [-0.15, -0.1) is 0 Å². The number of aryl methyl sites for hydroxylation is 2. The van der Waals surface area contributed by atoms with Crippen LogP contribution in [-0.2, 0) is 17.6 Å². The molecule has 2 aromatic carbocycles. The molecule has 0 unspecified atom stereocenters. The number of rotatable bonds is 6. The summed E-state index contributed by atoms with van der Waals surface area (Å²) in [4.78, 5) is 24.2. The summed E-state index contributed by atoms with van der Waals surface area (Å²) in [5, 5.41) is 0. The van der Waals surface area contributed by atoms with Gasteiger partial charge in [-0.2, -0.15) is 0 Å². The van der Waals surface area contributed by atoms with E-state index in [1.165, 1.54) is 0 Å². The summed E-state index contributed by atoms with van der Waals surface area (Å²) in [6, 6.07) is 15.1. The molecule has 0 bridgehead atoms. The molecule has 0 saturated carbocycles. The lowest BCUT2D eigenvalue weighted by Crippen LogP contribution is -2.48. The maximum Gasteiger partial charge on any atom is 0.338 e.